The third kappa shape index (κ3) is 2.82. The molecule has 1 aliphatic carbocycles. The molecular weight excluding hydrogens is 264 g/mol. The Hall–Kier alpha value is -2.17. The third-order valence-electron chi connectivity index (χ3n) is 4.37. The lowest BCUT2D eigenvalue weighted by atomic mass is 9.87. The van der Waals surface area contributed by atoms with Crippen LogP contribution in [0.15, 0.2) is 24.7 Å². The van der Waals surface area contributed by atoms with Gasteiger partial charge in [0.1, 0.15) is 6.33 Å². The van der Waals surface area contributed by atoms with Gasteiger partial charge in [-0.05, 0) is 43.9 Å². The highest BCUT2D eigenvalue weighted by atomic mass is 16.1. The quantitative estimate of drug-likeness (QED) is 0.930. The molecule has 3 rings (SSSR count). The molecule has 0 radical (unpaired) electrons. The van der Waals surface area contributed by atoms with Gasteiger partial charge in [0.15, 0.2) is 0 Å². The Bertz CT molecular complexity index is 662. The maximum Gasteiger partial charge on any atom is 0.223 e. The maximum absolute atomic E-state index is 12.3. The minimum Gasteiger partial charge on any atom is -0.350 e. The molecule has 0 aliphatic heterocycles. The fourth-order valence-corrected chi connectivity index (χ4v) is 2.85. The molecule has 5 heteroatoms. The number of nitrogens with one attached hydrogen (secondary N) is 1. The molecule has 1 atom stereocenters. The summed E-state index contributed by atoms with van der Waals surface area (Å²) in [6, 6.07) is 4.12. The van der Waals surface area contributed by atoms with E-state index in [0.29, 0.717) is 6.54 Å². The minimum atomic E-state index is 0.0323. The van der Waals surface area contributed by atoms with E-state index in [-0.39, 0.29) is 11.8 Å². The number of nitrogens with zero attached hydrogens (tertiary/aromatic N) is 3. The monoisotopic (exact) mass is 284 g/mol. The number of aromatic nitrogens is 3. The van der Waals surface area contributed by atoms with Crippen molar-refractivity contribution in [3.05, 3.63) is 47.3 Å². The summed E-state index contributed by atoms with van der Waals surface area (Å²) in [5.74, 6) is 0.160. The second kappa shape index (κ2) is 5.68. The standard InChI is InChI=1S/C16H20N4O/c1-11-3-5-14(20(11)2)9-18-16(21)12-4-6-15-13(7-12)8-17-10-19-15/h3,5,8,10,12H,4,6-7,9H2,1-2H3,(H,18,21). The van der Waals surface area contributed by atoms with E-state index in [1.165, 1.54) is 5.69 Å². The van der Waals surface area contributed by atoms with E-state index in [1.54, 1.807) is 6.33 Å². The average Bonchev–Trinajstić information content (AvgIpc) is 2.84. The van der Waals surface area contributed by atoms with Crippen LogP contribution in [0.3, 0.4) is 0 Å². The van der Waals surface area contributed by atoms with Crippen molar-refractivity contribution in [3.8, 4) is 0 Å². The second-order valence-electron chi connectivity index (χ2n) is 5.68. The molecule has 5 nitrogen and oxygen atoms in total. The number of aryl methyl sites for hydroxylation is 2. The molecule has 0 saturated carbocycles. The lowest BCUT2D eigenvalue weighted by Crippen LogP contribution is -2.34. The number of hydrogen-bond donors (Lipinski definition) is 1. The first-order chi connectivity index (χ1) is 10.1. The molecule has 2 aromatic heterocycles. The normalized spacial score (nSPS) is 17.3. The summed E-state index contributed by atoms with van der Waals surface area (Å²) in [5, 5.41) is 3.05. The summed E-state index contributed by atoms with van der Waals surface area (Å²) in [6.45, 7) is 2.64. The molecule has 1 N–H and O–H groups in total. The van der Waals surface area contributed by atoms with Crippen molar-refractivity contribution in [2.45, 2.75) is 32.7 Å². The Balaban J connectivity index is 1.61. The Morgan fingerprint density at radius 1 is 1.48 bits per heavy atom. The number of amides is 1. The van der Waals surface area contributed by atoms with Gasteiger partial charge in [-0.3, -0.25) is 4.79 Å². The zero-order valence-corrected chi connectivity index (χ0v) is 12.5. The van der Waals surface area contributed by atoms with Gasteiger partial charge in [-0.25, -0.2) is 9.97 Å². The molecule has 1 unspecified atom stereocenters. The highest BCUT2D eigenvalue weighted by Crippen LogP contribution is 2.23. The van der Waals surface area contributed by atoms with Crippen LogP contribution in [-0.2, 0) is 31.2 Å². The van der Waals surface area contributed by atoms with Crippen molar-refractivity contribution in [2.24, 2.45) is 13.0 Å². The van der Waals surface area contributed by atoms with E-state index in [0.717, 1.165) is 36.2 Å². The smallest absolute Gasteiger partial charge is 0.223 e. The van der Waals surface area contributed by atoms with E-state index in [2.05, 4.69) is 38.9 Å². The number of fused-ring (bicyclic) bond motifs is 1. The molecule has 0 bridgehead atoms. The fourth-order valence-electron chi connectivity index (χ4n) is 2.85. The van der Waals surface area contributed by atoms with Crippen molar-refractivity contribution in [3.63, 3.8) is 0 Å². The summed E-state index contributed by atoms with van der Waals surface area (Å²) in [6.07, 6.45) is 5.88. The van der Waals surface area contributed by atoms with Crippen LogP contribution in [0.2, 0.25) is 0 Å². The van der Waals surface area contributed by atoms with E-state index >= 15 is 0 Å². The van der Waals surface area contributed by atoms with Crippen LogP contribution in [-0.4, -0.2) is 20.4 Å². The Kier molecular flexibility index (Phi) is 3.73. The summed E-state index contributed by atoms with van der Waals surface area (Å²) >= 11 is 0. The van der Waals surface area contributed by atoms with Crippen LogP contribution in [0.5, 0.6) is 0 Å². The number of carbonyl (C=O) groups is 1. The summed E-state index contributed by atoms with van der Waals surface area (Å²) in [5.41, 5.74) is 4.52. The van der Waals surface area contributed by atoms with Gasteiger partial charge in [-0.1, -0.05) is 0 Å². The summed E-state index contributed by atoms with van der Waals surface area (Å²) < 4.78 is 2.10. The lowest BCUT2D eigenvalue weighted by Gasteiger charge is -2.22. The number of hydrogen-bond acceptors (Lipinski definition) is 3. The Morgan fingerprint density at radius 2 is 2.33 bits per heavy atom. The molecule has 0 spiro atoms. The Morgan fingerprint density at radius 3 is 3.10 bits per heavy atom. The molecule has 110 valence electrons. The fraction of sp³-hybridized carbons (Fsp3) is 0.438. The predicted molar refractivity (Wildman–Crippen MR) is 79.5 cm³/mol. The first kappa shape index (κ1) is 13.8. The van der Waals surface area contributed by atoms with E-state index < -0.39 is 0 Å². The largest absolute Gasteiger partial charge is 0.350 e. The summed E-state index contributed by atoms with van der Waals surface area (Å²) in [7, 11) is 2.02. The van der Waals surface area contributed by atoms with E-state index in [4.69, 9.17) is 0 Å². The van der Waals surface area contributed by atoms with Crippen LogP contribution in [0, 0.1) is 12.8 Å². The minimum absolute atomic E-state index is 0.0323. The Labute approximate surface area is 124 Å². The van der Waals surface area contributed by atoms with Gasteiger partial charge >= 0.3 is 0 Å². The molecule has 0 fully saturated rings. The van der Waals surface area contributed by atoms with Crippen LogP contribution in [0.1, 0.15) is 29.1 Å². The first-order valence-electron chi connectivity index (χ1n) is 7.32. The van der Waals surface area contributed by atoms with E-state index in [9.17, 15) is 4.79 Å². The van der Waals surface area contributed by atoms with Crippen molar-refractivity contribution >= 4 is 5.91 Å². The molecule has 1 amide bonds. The van der Waals surface area contributed by atoms with Gasteiger partial charge in [0.2, 0.25) is 5.91 Å². The molecule has 21 heavy (non-hydrogen) atoms. The van der Waals surface area contributed by atoms with Gasteiger partial charge in [0, 0.05) is 36.2 Å². The average molecular weight is 284 g/mol. The molecule has 0 aromatic carbocycles. The van der Waals surface area contributed by atoms with Gasteiger partial charge in [0.25, 0.3) is 0 Å². The van der Waals surface area contributed by atoms with Crippen LogP contribution in [0.4, 0.5) is 0 Å². The van der Waals surface area contributed by atoms with Crippen LogP contribution < -0.4 is 5.32 Å². The van der Waals surface area contributed by atoms with Gasteiger partial charge in [-0.2, -0.15) is 0 Å². The molecule has 2 heterocycles. The third-order valence-corrected chi connectivity index (χ3v) is 4.37. The second-order valence-corrected chi connectivity index (χ2v) is 5.68. The van der Waals surface area contributed by atoms with Crippen molar-refractivity contribution in [1.29, 1.82) is 0 Å². The van der Waals surface area contributed by atoms with Crippen molar-refractivity contribution in [2.75, 3.05) is 0 Å². The number of carbonyl (C=O) groups excluding carboxylic acids is 1. The first-order valence-corrected chi connectivity index (χ1v) is 7.32. The topological polar surface area (TPSA) is 59.8 Å². The zero-order valence-electron chi connectivity index (χ0n) is 12.5. The highest BCUT2D eigenvalue weighted by Gasteiger charge is 2.25. The van der Waals surface area contributed by atoms with Crippen molar-refractivity contribution < 1.29 is 4.79 Å². The zero-order chi connectivity index (χ0) is 14.8. The molecule has 2 aromatic rings. The van der Waals surface area contributed by atoms with Gasteiger partial charge in [-0.15, -0.1) is 0 Å². The van der Waals surface area contributed by atoms with Crippen LogP contribution in [0.25, 0.3) is 0 Å². The van der Waals surface area contributed by atoms with Gasteiger partial charge < -0.3 is 9.88 Å². The molecular formula is C16H20N4O. The predicted octanol–water partition coefficient (Wildman–Crippen LogP) is 1.54. The van der Waals surface area contributed by atoms with Gasteiger partial charge in [0.05, 0.1) is 6.54 Å². The molecule has 0 saturated heterocycles. The maximum atomic E-state index is 12.3. The number of rotatable bonds is 3. The van der Waals surface area contributed by atoms with E-state index in [1.807, 2.05) is 13.2 Å². The lowest BCUT2D eigenvalue weighted by molar-refractivity contribution is -0.125. The molecule has 1 aliphatic rings. The SMILES string of the molecule is Cc1ccc(CNC(=O)C2CCc3ncncc3C2)n1C. The highest BCUT2D eigenvalue weighted by molar-refractivity contribution is 5.79. The summed E-state index contributed by atoms with van der Waals surface area (Å²) in [4.78, 5) is 20.7. The van der Waals surface area contributed by atoms with Crippen molar-refractivity contribution in [1.82, 2.24) is 19.9 Å². The van der Waals surface area contributed by atoms with Crippen LogP contribution >= 0.6 is 0 Å².